The van der Waals surface area contributed by atoms with Crippen molar-refractivity contribution in [2.75, 3.05) is 43.9 Å². The number of nitrogens with zero attached hydrogens (tertiary/aromatic N) is 4. The summed E-state index contributed by atoms with van der Waals surface area (Å²) in [4.78, 5) is 57.7. The molecule has 0 bridgehead atoms. The maximum absolute atomic E-state index is 15.3. The zero-order valence-corrected chi connectivity index (χ0v) is 25.4. The maximum Gasteiger partial charge on any atom is 0.341 e. The Kier molecular flexibility index (Phi) is 8.25. The molecular formula is C31H29FN6O7S. The molecule has 0 atom stereocenters. The van der Waals surface area contributed by atoms with Crippen molar-refractivity contribution < 1.29 is 33.7 Å². The standard InChI is InChI=1S/C31H29FN6O7S/c1-45-25-11-16(2-5-24(25)39)10-19-28(33)34-31(35-29(19)42)46-15-26(40)37-8-6-36(7-9-37)23-13-22-18(12-21(23)32)27(41)20(30(43)44)14-38(22)17-3-4-17/h2,5,10-14,17,39H,3-4,6-9,15H2,1H3,(H,43,44)(H2,33,34,35,42)/b19-10+. The van der Waals surface area contributed by atoms with E-state index >= 15 is 4.39 Å². The van der Waals surface area contributed by atoms with Crippen LogP contribution in [-0.2, 0) is 9.59 Å². The number of nitrogens with one attached hydrogen (secondary N) is 2. The van der Waals surface area contributed by atoms with Crippen LogP contribution in [0.4, 0.5) is 10.1 Å². The molecule has 1 aliphatic carbocycles. The number of aromatic carboxylic acids is 1. The molecule has 3 aliphatic rings. The quantitative estimate of drug-likeness (QED) is 0.281. The molecule has 4 N–H and O–H groups in total. The van der Waals surface area contributed by atoms with Crippen molar-refractivity contribution in [3.05, 3.63) is 69.3 Å². The third-order valence-electron chi connectivity index (χ3n) is 8.03. The van der Waals surface area contributed by atoms with E-state index in [9.17, 15) is 29.4 Å². The van der Waals surface area contributed by atoms with Gasteiger partial charge < -0.3 is 34.6 Å². The zero-order chi connectivity index (χ0) is 32.7. The molecule has 13 nitrogen and oxygen atoms in total. The number of hydrogen-bond donors (Lipinski definition) is 4. The second-order valence-corrected chi connectivity index (χ2v) is 12.0. The van der Waals surface area contributed by atoms with E-state index in [2.05, 4.69) is 10.3 Å². The van der Waals surface area contributed by atoms with E-state index in [4.69, 9.17) is 10.1 Å². The van der Waals surface area contributed by atoms with Gasteiger partial charge in [0.1, 0.15) is 11.4 Å². The third-order valence-corrected chi connectivity index (χ3v) is 8.88. The topological polar surface area (TPSA) is 178 Å². The van der Waals surface area contributed by atoms with Gasteiger partial charge in [0.2, 0.25) is 11.3 Å². The van der Waals surface area contributed by atoms with Crippen molar-refractivity contribution in [2.45, 2.75) is 18.9 Å². The number of pyridine rings is 1. The van der Waals surface area contributed by atoms with Crippen LogP contribution in [0.15, 0.2) is 51.9 Å². The lowest BCUT2D eigenvalue weighted by Gasteiger charge is -2.36. The summed E-state index contributed by atoms with van der Waals surface area (Å²) >= 11 is 0.997. The summed E-state index contributed by atoms with van der Waals surface area (Å²) in [7, 11) is 1.40. The molecular weight excluding hydrogens is 619 g/mol. The van der Waals surface area contributed by atoms with Gasteiger partial charge in [-0.25, -0.2) is 14.2 Å². The van der Waals surface area contributed by atoms with Crippen LogP contribution in [0, 0.1) is 11.2 Å². The molecule has 0 unspecified atom stereocenters. The van der Waals surface area contributed by atoms with Crippen molar-refractivity contribution in [1.82, 2.24) is 14.8 Å². The van der Waals surface area contributed by atoms with E-state index in [1.165, 1.54) is 31.5 Å². The molecule has 3 aromatic rings. The monoisotopic (exact) mass is 648 g/mol. The molecule has 1 aromatic heterocycles. The first kappa shape index (κ1) is 30.8. The van der Waals surface area contributed by atoms with Crippen molar-refractivity contribution in [1.29, 1.82) is 5.41 Å². The number of carboxylic acids is 1. The summed E-state index contributed by atoms with van der Waals surface area (Å²) < 4.78 is 22.1. The number of thioether (sulfide) groups is 1. The Labute approximate surface area is 265 Å². The van der Waals surface area contributed by atoms with Crippen LogP contribution in [0.1, 0.15) is 34.8 Å². The normalized spacial score (nSPS) is 17.7. The maximum atomic E-state index is 15.3. The fraction of sp³-hybridized carbons (Fsp3) is 0.290. The highest BCUT2D eigenvalue weighted by Crippen LogP contribution is 2.38. The lowest BCUT2D eigenvalue weighted by atomic mass is 10.1. The Hall–Kier alpha value is -5.18. The summed E-state index contributed by atoms with van der Waals surface area (Å²) in [6.07, 6.45) is 4.47. The van der Waals surface area contributed by atoms with Gasteiger partial charge >= 0.3 is 5.97 Å². The van der Waals surface area contributed by atoms with Crippen LogP contribution in [-0.4, -0.2) is 87.5 Å². The first-order chi connectivity index (χ1) is 22.0. The van der Waals surface area contributed by atoms with E-state index in [-0.39, 0.29) is 62.4 Å². The molecule has 2 amide bonds. The number of methoxy groups -OCH3 is 1. The Bertz CT molecular complexity index is 1930. The van der Waals surface area contributed by atoms with Crippen molar-refractivity contribution in [3.8, 4) is 11.5 Å². The number of piperazine rings is 1. The number of benzene rings is 2. The number of aromatic nitrogens is 1. The summed E-state index contributed by atoms with van der Waals surface area (Å²) in [5, 5.41) is 30.2. The number of phenolic OH excluding ortho intramolecular Hbond substituents is 1. The molecule has 2 aromatic carbocycles. The highest BCUT2D eigenvalue weighted by molar-refractivity contribution is 8.14. The lowest BCUT2D eigenvalue weighted by Crippen LogP contribution is -2.49. The molecule has 3 heterocycles. The van der Waals surface area contributed by atoms with E-state index in [0.29, 0.717) is 37.3 Å². The largest absolute Gasteiger partial charge is 0.504 e. The second kappa shape index (κ2) is 12.3. The Morgan fingerprint density at radius 1 is 1.17 bits per heavy atom. The number of aromatic hydroxyl groups is 1. The smallest absolute Gasteiger partial charge is 0.341 e. The minimum absolute atomic E-state index is 0.0110. The van der Waals surface area contributed by atoms with Gasteiger partial charge in [-0.15, -0.1) is 0 Å². The predicted octanol–water partition coefficient (Wildman–Crippen LogP) is 2.82. The molecule has 1 saturated carbocycles. The number of ether oxygens (including phenoxy) is 1. The first-order valence-electron chi connectivity index (χ1n) is 14.4. The van der Waals surface area contributed by atoms with Gasteiger partial charge in [-0.1, -0.05) is 17.8 Å². The number of fused-ring (bicyclic) bond motifs is 1. The highest BCUT2D eigenvalue weighted by Gasteiger charge is 2.30. The fourth-order valence-electron chi connectivity index (χ4n) is 5.44. The lowest BCUT2D eigenvalue weighted by molar-refractivity contribution is -0.128. The molecule has 2 aliphatic heterocycles. The molecule has 2 fully saturated rings. The Balaban J connectivity index is 1.09. The third kappa shape index (κ3) is 6.05. The number of carboxylic acid groups (broad SMARTS) is 1. The molecule has 0 radical (unpaired) electrons. The van der Waals surface area contributed by atoms with Gasteiger partial charge in [-0.05, 0) is 48.7 Å². The van der Waals surface area contributed by atoms with E-state index in [1.54, 1.807) is 26.5 Å². The first-order valence-corrected chi connectivity index (χ1v) is 15.4. The second-order valence-electron chi connectivity index (χ2n) is 11.0. The van der Waals surface area contributed by atoms with E-state index < -0.39 is 23.1 Å². The molecule has 46 heavy (non-hydrogen) atoms. The van der Waals surface area contributed by atoms with Crippen LogP contribution in [0.5, 0.6) is 11.5 Å². The number of anilines is 1. The van der Waals surface area contributed by atoms with Crippen LogP contribution in [0.25, 0.3) is 17.0 Å². The van der Waals surface area contributed by atoms with Crippen molar-refractivity contribution >= 4 is 63.2 Å². The molecule has 6 rings (SSSR count). The van der Waals surface area contributed by atoms with Crippen LogP contribution in [0.2, 0.25) is 0 Å². The van der Waals surface area contributed by atoms with Gasteiger partial charge in [0.15, 0.2) is 22.5 Å². The van der Waals surface area contributed by atoms with Crippen LogP contribution < -0.4 is 20.4 Å². The average molecular weight is 649 g/mol. The van der Waals surface area contributed by atoms with Gasteiger partial charge in [0.25, 0.3) is 5.91 Å². The minimum atomic E-state index is -1.35. The average Bonchev–Trinajstić information content (AvgIpc) is 3.88. The number of aliphatic imine (C=N–C) groups is 1. The van der Waals surface area contributed by atoms with Crippen LogP contribution in [0.3, 0.4) is 0 Å². The molecule has 0 spiro atoms. The SMILES string of the molecule is COc1cc(/C=C2\C(=N)N=C(SCC(=O)N3CCN(c4cc5c(cc4F)c(=O)c(C(=O)O)cn5C4CC4)CC3)NC2=O)ccc1O. The number of hydrogen-bond acceptors (Lipinski definition) is 9. The summed E-state index contributed by atoms with van der Waals surface area (Å²) in [5.41, 5.74) is 0.176. The summed E-state index contributed by atoms with van der Waals surface area (Å²) in [5.74, 6) is -2.92. The van der Waals surface area contributed by atoms with Gasteiger partial charge in [0, 0.05) is 43.8 Å². The minimum Gasteiger partial charge on any atom is -0.504 e. The number of carbonyl (C=O) groups excluding carboxylic acids is 2. The zero-order valence-electron chi connectivity index (χ0n) is 24.6. The Morgan fingerprint density at radius 3 is 2.57 bits per heavy atom. The van der Waals surface area contributed by atoms with Gasteiger partial charge in [0.05, 0.1) is 29.6 Å². The summed E-state index contributed by atoms with van der Waals surface area (Å²) in [6.45, 7) is 1.28. The van der Waals surface area contributed by atoms with Gasteiger partial charge in [-0.2, -0.15) is 0 Å². The number of amides is 2. The Morgan fingerprint density at radius 2 is 1.91 bits per heavy atom. The number of rotatable bonds is 7. The van der Waals surface area contributed by atoms with E-state index in [1.807, 2.05) is 0 Å². The highest BCUT2D eigenvalue weighted by atomic mass is 32.2. The summed E-state index contributed by atoms with van der Waals surface area (Å²) in [6, 6.07) is 7.24. The number of halogens is 1. The van der Waals surface area contributed by atoms with Crippen molar-refractivity contribution in [3.63, 3.8) is 0 Å². The van der Waals surface area contributed by atoms with E-state index in [0.717, 1.165) is 30.7 Å². The van der Waals surface area contributed by atoms with Crippen LogP contribution >= 0.6 is 11.8 Å². The number of phenols is 1. The molecule has 1 saturated heterocycles. The molecule has 238 valence electrons. The molecule has 15 heteroatoms. The predicted molar refractivity (Wildman–Crippen MR) is 171 cm³/mol. The number of carbonyl (C=O) groups is 3. The van der Waals surface area contributed by atoms with Gasteiger partial charge in [-0.3, -0.25) is 19.8 Å². The van der Waals surface area contributed by atoms with Crippen molar-refractivity contribution in [2.24, 2.45) is 4.99 Å². The number of amidine groups is 2. The fourth-order valence-corrected chi connectivity index (χ4v) is 6.20.